The number of benzene rings is 2. The summed E-state index contributed by atoms with van der Waals surface area (Å²) in [5.74, 6) is -1.12. The van der Waals surface area contributed by atoms with Gasteiger partial charge in [-0.1, -0.05) is 0 Å². The van der Waals surface area contributed by atoms with Crippen LogP contribution >= 0.6 is 0 Å². The van der Waals surface area contributed by atoms with Crippen molar-refractivity contribution in [3.05, 3.63) is 53.6 Å². The van der Waals surface area contributed by atoms with Gasteiger partial charge in [-0.15, -0.1) is 0 Å². The van der Waals surface area contributed by atoms with E-state index in [-0.39, 0.29) is 11.3 Å². The lowest BCUT2D eigenvalue weighted by Gasteiger charge is -2.08. The number of nitrogens with two attached hydrogens (primary N) is 1. The number of nitrogens with zero attached hydrogens (tertiary/aromatic N) is 1. The molecule has 0 aliphatic rings. The van der Waals surface area contributed by atoms with Gasteiger partial charge in [0.25, 0.3) is 0 Å². The van der Waals surface area contributed by atoms with Crippen LogP contribution in [0.4, 0.5) is 25.8 Å². The van der Waals surface area contributed by atoms with E-state index in [1.54, 1.807) is 6.07 Å². The van der Waals surface area contributed by atoms with Gasteiger partial charge >= 0.3 is 0 Å². The Hall–Kier alpha value is -2.61. The SMILES string of the molecule is N#Cc1cc(Nc2cc(F)ccc2F)ccc1N. The molecule has 0 aliphatic carbocycles. The smallest absolute Gasteiger partial charge is 0.146 e. The lowest BCUT2D eigenvalue weighted by molar-refractivity contribution is 0.603. The van der Waals surface area contributed by atoms with Crippen molar-refractivity contribution in [2.24, 2.45) is 0 Å². The van der Waals surface area contributed by atoms with Gasteiger partial charge in [0.1, 0.15) is 17.7 Å². The molecule has 0 saturated carbocycles. The van der Waals surface area contributed by atoms with Crippen LogP contribution in [0.3, 0.4) is 0 Å². The molecule has 2 rings (SSSR count). The third-order valence-corrected chi connectivity index (χ3v) is 2.38. The van der Waals surface area contributed by atoms with Crippen LogP contribution in [0.25, 0.3) is 0 Å². The Labute approximate surface area is 102 Å². The molecule has 0 amide bonds. The third-order valence-electron chi connectivity index (χ3n) is 2.38. The molecule has 0 radical (unpaired) electrons. The van der Waals surface area contributed by atoms with Gasteiger partial charge in [-0.25, -0.2) is 8.78 Å². The topological polar surface area (TPSA) is 61.8 Å². The van der Waals surface area contributed by atoms with Crippen molar-refractivity contribution in [2.75, 3.05) is 11.1 Å². The normalized spacial score (nSPS) is 9.83. The summed E-state index contributed by atoms with van der Waals surface area (Å²) in [5, 5.41) is 11.5. The Morgan fingerprint density at radius 3 is 2.61 bits per heavy atom. The second-order valence-corrected chi connectivity index (χ2v) is 3.66. The van der Waals surface area contributed by atoms with Gasteiger partial charge in [0.05, 0.1) is 11.3 Å². The second-order valence-electron chi connectivity index (χ2n) is 3.66. The van der Waals surface area contributed by atoms with E-state index in [1.807, 2.05) is 6.07 Å². The fourth-order valence-corrected chi connectivity index (χ4v) is 1.48. The summed E-state index contributed by atoms with van der Waals surface area (Å²) in [5.41, 5.74) is 6.64. The first-order valence-electron chi connectivity index (χ1n) is 5.12. The van der Waals surface area contributed by atoms with Crippen LogP contribution in [0.15, 0.2) is 36.4 Å². The predicted octanol–water partition coefficient (Wildman–Crippen LogP) is 3.16. The van der Waals surface area contributed by atoms with E-state index in [9.17, 15) is 8.78 Å². The van der Waals surface area contributed by atoms with Crippen LogP contribution in [-0.4, -0.2) is 0 Å². The highest BCUT2D eigenvalue weighted by molar-refractivity contribution is 5.67. The van der Waals surface area contributed by atoms with Gasteiger partial charge in [-0.2, -0.15) is 5.26 Å². The molecule has 3 nitrogen and oxygen atoms in total. The van der Waals surface area contributed by atoms with E-state index in [4.69, 9.17) is 11.0 Å². The van der Waals surface area contributed by atoms with Gasteiger partial charge in [0, 0.05) is 17.4 Å². The Morgan fingerprint density at radius 1 is 1.11 bits per heavy atom. The Bertz CT molecular complexity index is 633. The molecule has 0 spiro atoms. The first-order valence-corrected chi connectivity index (χ1v) is 5.12. The maximum atomic E-state index is 13.4. The minimum atomic E-state index is -0.577. The summed E-state index contributed by atoms with van der Waals surface area (Å²) < 4.78 is 26.4. The van der Waals surface area contributed by atoms with Crippen LogP contribution in [0, 0.1) is 23.0 Å². The second kappa shape index (κ2) is 4.72. The van der Waals surface area contributed by atoms with Gasteiger partial charge in [0.15, 0.2) is 0 Å². The molecule has 3 N–H and O–H groups in total. The number of nitrogen functional groups attached to an aromatic ring is 1. The fourth-order valence-electron chi connectivity index (χ4n) is 1.48. The van der Waals surface area contributed by atoms with Crippen LogP contribution in [0.1, 0.15) is 5.56 Å². The Morgan fingerprint density at radius 2 is 1.89 bits per heavy atom. The number of anilines is 3. The molecule has 2 aromatic rings. The first-order chi connectivity index (χ1) is 8.60. The first kappa shape index (κ1) is 11.9. The number of halogens is 2. The van der Waals surface area contributed by atoms with Crippen molar-refractivity contribution >= 4 is 17.1 Å². The number of nitriles is 1. The third kappa shape index (κ3) is 2.38. The zero-order chi connectivity index (χ0) is 13.1. The molecule has 0 aliphatic heterocycles. The van der Waals surface area contributed by atoms with Crippen LogP contribution < -0.4 is 11.1 Å². The number of hydrogen-bond donors (Lipinski definition) is 2. The summed E-state index contributed by atoms with van der Waals surface area (Å²) in [6.07, 6.45) is 0. The van der Waals surface area contributed by atoms with E-state index in [2.05, 4.69) is 5.32 Å². The van der Waals surface area contributed by atoms with E-state index in [1.165, 1.54) is 12.1 Å². The largest absolute Gasteiger partial charge is 0.398 e. The van der Waals surface area contributed by atoms with Crippen LogP contribution in [0.5, 0.6) is 0 Å². The van der Waals surface area contributed by atoms with Gasteiger partial charge in [0.2, 0.25) is 0 Å². The van der Waals surface area contributed by atoms with Crippen molar-refractivity contribution in [3.8, 4) is 6.07 Å². The highest BCUT2D eigenvalue weighted by Crippen LogP contribution is 2.23. The van der Waals surface area contributed by atoms with Crippen molar-refractivity contribution in [1.29, 1.82) is 5.26 Å². The molecule has 0 aromatic heterocycles. The molecule has 0 unspecified atom stereocenters. The molecule has 0 saturated heterocycles. The average molecular weight is 245 g/mol. The average Bonchev–Trinajstić information content (AvgIpc) is 2.36. The van der Waals surface area contributed by atoms with E-state index < -0.39 is 11.6 Å². The number of hydrogen-bond acceptors (Lipinski definition) is 3. The van der Waals surface area contributed by atoms with Gasteiger partial charge in [-0.3, -0.25) is 0 Å². The summed E-state index contributed by atoms with van der Waals surface area (Å²) in [6.45, 7) is 0. The summed E-state index contributed by atoms with van der Waals surface area (Å²) in [7, 11) is 0. The minimum absolute atomic E-state index is 0.00339. The molecule has 18 heavy (non-hydrogen) atoms. The van der Waals surface area contributed by atoms with Gasteiger partial charge < -0.3 is 11.1 Å². The van der Waals surface area contributed by atoms with Crippen molar-refractivity contribution in [3.63, 3.8) is 0 Å². The molecule has 0 fully saturated rings. The molecule has 0 heterocycles. The van der Waals surface area contributed by atoms with E-state index in [0.29, 0.717) is 11.4 Å². The molecule has 2 aromatic carbocycles. The zero-order valence-electron chi connectivity index (χ0n) is 9.24. The minimum Gasteiger partial charge on any atom is -0.398 e. The van der Waals surface area contributed by atoms with E-state index in [0.717, 1.165) is 18.2 Å². The Balaban J connectivity index is 2.34. The van der Waals surface area contributed by atoms with Crippen molar-refractivity contribution < 1.29 is 8.78 Å². The predicted molar refractivity (Wildman–Crippen MR) is 65.2 cm³/mol. The van der Waals surface area contributed by atoms with Crippen molar-refractivity contribution in [2.45, 2.75) is 0 Å². The summed E-state index contributed by atoms with van der Waals surface area (Å²) >= 11 is 0. The number of nitrogens with one attached hydrogen (secondary N) is 1. The number of rotatable bonds is 2. The lowest BCUT2D eigenvalue weighted by atomic mass is 10.1. The maximum absolute atomic E-state index is 13.4. The zero-order valence-corrected chi connectivity index (χ0v) is 9.24. The molecule has 90 valence electrons. The molecular weight excluding hydrogens is 236 g/mol. The van der Waals surface area contributed by atoms with Crippen LogP contribution in [-0.2, 0) is 0 Å². The Kier molecular flexibility index (Phi) is 3.11. The van der Waals surface area contributed by atoms with E-state index >= 15 is 0 Å². The lowest BCUT2D eigenvalue weighted by Crippen LogP contribution is -1.97. The highest BCUT2D eigenvalue weighted by Gasteiger charge is 2.05. The fraction of sp³-hybridized carbons (Fsp3) is 0. The molecule has 0 bridgehead atoms. The standard InChI is InChI=1S/C13H9F2N3/c14-9-1-3-11(15)13(6-9)18-10-2-4-12(17)8(5-10)7-16/h1-6,18H,17H2. The van der Waals surface area contributed by atoms with Crippen molar-refractivity contribution in [1.82, 2.24) is 0 Å². The molecule has 5 heteroatoms. The van der Waals surface area contributed by atoms with Gasteiger partial charge in [-0.05, 0) is 30.3 Å². The maximum Gasteiger partial charge on any atom is 0.146 e. The quantitative estimate of drug-likeness (QED) is 0.799. The highest BCUT2D eigenvalue weighted by atomic mass is 19.1. The molecular formula is C13H9F2N3. The summed E-state index contributed by atoms with van der Waals surface area (Å²) in [4.78, 5) is 0. The monoisotopic (exact) mass is 245 g/mol. The van der Waals surface area contributed by atoms with Crippen LogP contribution in [0.2, 0.25) is 0 Å². The molecule has 0 atom stereocenters. The summed E-state index contributed by atoms with van der Waals surface area (Å²) in [6, 6.07) is 9.60.